The van der Waals surface area contributed by atoms with Crippen LogP contribution in [0.4, 0.5) is 0 Å². The second-order valence-corrected chi connectivity index (χ2v) is 7.53. The Kier molecular flexibility index (Phi) is 5.57. The summed E-state index contributed by atoms with van der Waals surface area (Å²) >= 11 is 5.80. The third kappa shape index (κ3) is 3.87. The lowest BCUT2D eigenvalue weighted by Gasteiger charge is -2.26. The van der Waals surface area contributed by atoms with Gasteiger partial charge < -0.3 is 14.7 Å². The van der Waals surface area contributed by atoms with Gasteiger partial charge in [-0.15, -0.1) is 5.10 Å². The van der Waals surface area contributed by atoms with E-state index in [1.54, 1.807) is 7.11 Å². The Labute approximate surface area is 169 Å². The number of aromatic nitrogens is 3. The first-order valence-electron chi connectivity index (χ1n) is 9.57. The molecule has 2 N–H and O–H groups in total. The van der Waals surface area contributed by atoms with E-state index in [0.717, 1.165) is 48.8 Å². The number of methoxy groups -OCH3 is 1. The van der Waals surface area contributed by atoms with Gasteiger partial charge in [0.25, 0.3) is 0 Å². The van der Waals surface area contributed by atoms with Crippen LogP contribution in [0.3, 0.4) is 0 Å². The summed E-state index contributed by atoms with van der Waals surface area (Å²) in [6.45, 7) is 2.41. The topological polar surface area (TPSA) is 56.6 Å². The van der Waals surface area contributed by atoms with Crippen LogP contribution in [-0.4, -0.2) is 45.8 Å². The maximum Gasteiger partial charge on any atom is 0.207 e. The number of para-hydroxylation sites is 1. The van der Waals surface area contributed by atoms with Gasteiger partial charge in [-0.3, -0.25) is 4.57 Å². The van der Waals surface area contributed by atoms with Crippen molar-refractivity contribution in [2.45, 2.75) is 25.6 Å². The molecule has 28 heavy (non-hydrogen) atoms. The molecule has 0 radical (unpaired) electrons. The van der Waals surface area contributed by atoms with Crippen molar-refractivity contribution in [3.63, 3.8) is 0 Å². The quantitative estimate of drug-likeness (QED) is 0.648. The van der Waals surface area contributed by atoms with Gasteiger partial charge >= 0.3 is 0 Å². The first-order valence-corrected chi connectivity index (χ1v) is 9.98. The lowest BCUT2D eigenvalue weighted by atomic mass is 10.1. The number of aliphatic hydroxyl groups excluding tert-OH is 1. The monoisotopic (exact) mass is 397 g/mol. The molecule has 0 amide bonds. The third-order valence-corrected chi connectivity index (χ3v) is 5.56. The summed E-state index contributed by atoms with van der Waals surface area (Å²) in [5.74, 6) is 1.61. The molecule has 1 aliphatic heterocycles. The molecule has 2 aromatic carbocycles. The lowest BCUT2D eigenvalue weighted by Crippen LogP contribution is -3.13. The van der Waals surface area contributed by atoms with Gasteiger partial charge in [-0.1, -0.05) is 18.2 Å². The number of rotatable bonds is 5. The molecule has 146 valence electrons. The molecule has 0 aliphatic carbocycles. The van der Waals surface area contributed by atoms with Gasteiger partial charge in [0.15, 0.2) is 12.5 Å². The van der Waals surface area contributed by atoms with Gasteiger partial charge in [-0.2, -0.15) is 4.68 Å². The van der Waals surface area contributed by atoms with Crippen LogP contribution in [0, 0.1) is 4.77 Å². The Balaban J connectivity index is 1.76. The molecule has 4 rings (SSSR count). The van der Waals surface area contributed by atoms with Crippen molar-refractivity contribution in [2.24, 2.45) is 0 Å². The van der Waals surface area contributed by atoms with E-state index in [-0.39, 0.29) is 6.10 Å². The highest BCUT2D eigenvalue weighted by atomic mass is 32.1. The molecule has 1 aromatic heterocycles. The average Bonchev–Trinajstić information content (AvgIpc) is 3.05. The summed E-state index contributed by atoms with van der Waals surface area (Å²) in [7, 11) is 1.66. The normalized spacial score (nSPS) is 19.5. The van der Waals surface area contributed by atoms with E-state index in [9.17, 15) is 5.11 Å². The number of quaternary nitrogens is 1. The van der Waals surface area contributed by atoms with Gasteiger partial charge in [-0.25, -0.2) is 0 Å². The standard InChI is InChI=1S/C21H24N4O2S/c1-27-19-11-9-16(10-12-19)20-22-24(15-23-13-5-8-18(26)14-23)21(28)25(20)17-6-3-2-4-7-17/h2-4,6-7,9-12,18,26H,5,8,13-15H2,1H3/p+1/t18-/m0/s1. The van der Waals surface area contributed by atoms with Crippen molar-refractivity contribution in [3.05, 3.63) is 59.4 Å². The maximum absolute atomic E-state index is 10.00. The largest absolute Gasteiger partial charge is 0.497 e. The van der Waals surface area contributed by atoms with Gasteiger partial charge in [0, 0.05) is 11.3 Å². The van der Waals surface area contributed by atoms with Crippen molar-refractivity contribution in [3.8, 4) is 22.8 Å². The summed E-state index contributed by atoms with van der Waals surface area (Å²) in [4.78, 5) is 1.30. The Hall–Kier alpha value is -2.48. The van der Waals surface area contributed by atoms with Crippen molar-refractivity contribution >= 4 is 12.2 Å². The molecular weight excluding hydrogens is 372 g/mol. The molecule has 0 bridgehead atoms. The molecule has 3 aromatic rings. The zero-order chi connectivity index (χ0) is 19.5. The summed E-state index contributed by atoms with van der Waals surface area (Å²) in [6.07, 6.45) is 1.66. The molecule has 1 fully saturated rings. The molecular formula is C21H25N4O2S+. The number of piperidine rings is 1. The molecule has 1 saturated heterocycles. The average molecular weight is 398 g/mol. The molecule has 6 nitrogen and oxygen atoms in total. The van der Waals surface area contributed by atoms with E-state index < -0.39 is 0 Å². The summed E-state index contributed by atoms with van der Waals surface area (Å²) in [5.41, 5.74) is 1.96. The highest BCUT2D eigenvalue weighted by Crippen LogP contribution is 2.24. The van der Waals surface area contributed by atoms with Crippen LogP contribution in [-0.2, 0) is 6.67 Å². The molecule has 0 saturated carbocycles. The van der Waals surface area contributed by atoms with E-state index >= 15 is 0 Å². The van der Waals surface area contributed by atoms with E-state index in [2.05, 4.69) is 0 Å². The van der Waals surface area contributed by atoms with Crippen LogP contribution in [0.1, 0.15) is 12.8 Å². The van der Waals surface area contributed by atoms with Crippen LogP contribution in [0.15, 0.2) is 54.6 Å². The van der Waals surface area contributed by atoms with Gasteiger partial charge in [-0.05, 0) is 61.5 Å². The molecule has 7 heteroatoms. The van der Waals surface area contributed by atoms with Crippen molar-refractivity contribution < 1.29 is 14.7 Å². The summed E-state index contributed by atoms with van der Waals surface area (Å²) in [5, 5.41) is 14.9. The number of hydrogen-bond acceptors (Lipinski definition) is 4. The maximum atomic E-state index is 10.00. The van der Waals surface area contributed by atoms with Gasteiger partial charge in [0.05, 0.1) is 13.7 Å². The fourth-order valence-electron chi connectivity index (χ4n) is 3.73. The summed E-state index contributed by atoms with van der Waals surface area (Å²) in [6, 6.07) is 17.9. The Bertz CT molecular complexity index is 982. The number of hydrogen-bond donors (Lipinski definition) is 2. The second kappa shape index (κ2) is 8.26. The van der Waals surface area contributed by atoms with Crippen LogP contribution in [0.5, 0.6) is 5.75 Å². The van der Waals surface area contributed by atoms with Crippen LogP contribution >= 0.6 is 12.2 Å². The van der Waals surface area contributed by atoms with Gasteiger partial charge in [0.1, 0.15) is 18.4 Å². The highest BCUT2D eigenvalue weighted by Gasteiger charge is 2.23. The predicted molar refractivity (Wildman–Crippen MR) is 110 cm³/mol. The van der Waals surface area contributed by atoms with Crippen molar-refractivity contribution in [2.75, 3.05) is 20.2 Å². The molecule has 0 spiro atoms. The van der Waals surface area contributed by atoms with E-state index in [1.807, 2.05) is 63.8 Å². The Morgan fingerprint density at radius 2 is 1.93 bits per heavy atom. The number of likely N-dealkylation sites (tertiary alicyclic amines) is 1. The Morgan fingerprint density at radius 1 is 1.18 bits per heavy atom. The number of nitrogens with one attached hydrogen (secondary N) is 1. The molecule has 1 unspecified atom stereocenters. The minimum Gasteiger partial charge on any atom is -0.497 e. The van der Waals surface area contributed by atoms with Crippen molar-refractivity contribution in [1.29, 1.82) is 0 Å². The number of ether oxygens (including phenoxy) is 1. The molecule has 2 heterocycles. The minimum atomic E-state index is -0.241. The molecule has 2 atom stereocenters. The fraction of sp³-hybridized carbons (Fsp3) is 0.333. The van der Waals surface area contributed by atoms with Crippen molar-refractivity contribution in [1.82, 2.24) is 14.3 Å². The SMILES string of the molecule is COc1ccc(-c2nn(C[NH+]3CCC[C@H](O)C3)c(=S)n2-c2ccccc2)cc1. The fourth-order valence-corrected chi connectivity index (χ4v) is 4.03. The zero-order valence-electron chi connectivity index (χ0n) is 15.9. The van der Waals surface area contributed by atoms with Crippen LogP contribution in [0.2, 0.25) is 0 Å². The third-order valence-electron chi connectivity index (χ3n) is 5.17. The Morgan fingerprint density at radius 3 is 2.61 bits per heavy atom. The predicted octanol–water partition coefficient (Wildman–Crippen LogP) is 2.08. The van der Waals surface area contributed by atoms with E-state index in [0.29, 0.717) is 11.4 Å². The first kappa shape index (κ1) is 18.9. The first-order chi connectivity index (χ1) is 13.7. The van der Waals surface area contributed by atoms with E-state index in [1.165, 1.54) is 4.90 Å². The second-order valence-electron chi connectivity index (χ2n) is 7.16. The number of benzene rings is 2. The highest BCUT2D eigenvalue weighted by molar-refractivity contribution is 7.71. The molecule has 1 aliphatic rings. The van der Waals surface area contributed by atoms with Crippen LogP contribution < -0.4 is 9.64 Å². The van der Waals surface area contributed by atoms with E-state index in [4.69, 9.17) is 22.1 Å². The van der Waals surface area contributed by atoms with Crippen LogP contribution in [0.25, 0.3) is 17.1 Å². The smallest absolute Gasteiger partial charge is 0.207 e. The van der Waals surface area contributed by atoms with Gasteiger partial charge in [0.2, 0.25) is 4.77 Å². The zero-order valence-corrected chi connectivity index (χ0v) is 16.7. The number of aliphatic hydroxyl groups is 1. The number of nitrogens with zero attached hydrogens (tertiary/aromatic N) is 3. The minimum absolute atomic E-state index is 0.241. The lowest BCUT2D eigenvalue weighted by molar-refractivity contribution is -0.931. The summed E-state index contributed by atoms with van der Waals surface area (Å²) < 4.78 is 9.83.